The van der Waals surface area contributed by atoms with Gasteiger partial charge in [-0.3, -0.25) is 14.4 Å². The molecule has 33 heavy (non-hydrogen) atoms. The van der Waals surface area contributed by atoms with Crippen LogP contribution in [-0.2, 0) is 14.4 Å². The zero-order chi connectivity index (χ0) is 24.0. The molecule has 0 saturated heterocycles. The van der Waals surface area contributed by atoms with Crippen molar-refractivity contribution in [3.63, 3.8) is 0 Å². The van der Waals surface area contributed by atoms with Gasteiger partial charge in [0.2, 0.25) is 17.7 Å². The summed E-state index contributed by atoms with van der Waals surface area (Å²) in [6.45, 7) is 6.71. The Morgan fingerprint density at radius 2 is 1.24 bits per heavy atom. The van der Waals surface area contributed by atoms with Crippen LogP contribution < -0.4 is 11.1 Å². The molecule has 7 atom stereocenters. The van der Waals surface area contributed by atoms with Gasteiger partial charge in [-0.15, -0.1) is 0 Å². The Bertz CT molecular complexity index is 660. The summed E-state index contributed by atoms with van der Waals surface area (Å²) < 4.78 is 0. The van der Waals surface area contributed by atoms with Crippen LogP contribution in [0, 0.1) is 23.7 Å². The zero-order valence-corrected chi connectivity index (χ0v) is 21.2. The minimum atomic E-state index is -0.739. The predicted molar refractivity (Wildman–Crippen MR) is 131 cm³/mol. The monoisotopic (exact) mass is 461 g/mol. The second-order valence-corrected chi connectivity index (χ2v) is 11.4. The van der Waals surface area contributed by atoms with Gasteiger partial charge in [0.25, 0.3) is 0 Å². The number of primary amides is 1. The predicted octanol–water partition coefficient (Wildman–Crippen LogP) is 4.55. The van der Waals surface area contributed by atoms with Gasteiger partial charge in [0.1, 0.15) is 0 Å². The van der Waals surface area contributed by atoms with E-state index in [-0.39, 0.29) is 42.8 Å². The summed E-state index contributed by atoms with van der Waals surface area (Å²) in [5, 5.41) is 3.13. The molecule has 3 rings (SSSR count). The van der Waals surface area contributed by atoms with E-state index in [4.69, 9.17) is 5.73 Å². The number of carbonyl (C=O) groups is 3. The number of nitrogens with two attached hydrogens (primary N) is 1. The summed E-state index contributed by atoms with van der Waals surface area (Å²) in [6, 6.07) is 0.641. The van der Waals surface area contributed by atoms with Crippen molar-refractivity contribution >= 4 is 17.7 Å². The molecule has 7 unspecified atom stereocenters. The largest absolute Gasteiger partial charge is 0.369 e. The van der Waals surface area contributed by atoms with Gasteiger partial charge < -0.3 is 16.0 Å². The lowest BCUT2D eigenvalue weighted by molar-refractivity contribution is -0.144. The second kappa shape index (κ2) is 12.2. The van der Waals surface area contributed by atoms with E-state index in [0.717, 1.165) is 57.8 Å². The van der Waals surface area contributed by atoms with Crippen molar-refractivity contribution in [3.05, 3.63) is 0 Å². The standard InChI is InChI=1S/C27H47N3O3/c1-18-10-4-7-13-22(18)29-25(31)16-21(27(28)33)17-26(32)30(23-14-8-5-11-19(23)2)24-15-9-6-12-20(24)3/h18-24H,4-17H2,1-3H3,(H2,28,33)(H,29,31). The van der Waals surface area contributed by atoms with Crippen molar-refractivity contribution in [1.82, 2.24) is 10.2 Å². The summed E-state index contributed by atoms with van der Waals surface area (Å²) in [5.41, 5.74) is 5.72. The topological polar surface area (TPSA) is 92.5 Å². The second-order valence-electron chi connectivity index (χ2n) is 11.4. The van der Waals surface area contributed by atoms with Crippen molar-refractivity contribution in [3.8, 4) is 0 Å². The van der Waals surface area contributed by atoms with Gasteiger partial charge in [0.15, 0.2) is 0 Å². The number of nitrogens with one attached hydrogen (secondary N) is 1. The van der Waals surface area contributed by atoms with E-state index in [0.29, 0.717) is 17.8 Å². The first-order valence-corrected chi connectivity index (χ1v) is 13.7. The summed E-state index contributed by atoms with van der Waals surface area (Å²) >= 11 is 0. The van der Waals surface area contributed by atoms with Crippen LogP contribution in [0.4, 0.5) is 0 Å². The highest BCUT2D eigenvalue weighted by Gasteiger charge is 2.39. The van der Waals surface area contributed by atoms with Crippen molar-refractivity contribution in [2.75, 3.05) is 0 Å². The Balaban J connectivity index is 1.69. The molecule has 3 aliphatic rings. The highest BCUT2D eigenvalue weighted by molar-refractivity contribution is 5.89. The maximum absolute atomic E-state index is 13.8. The molecule has 0 spiro atoms. The number of hydrogen-bond donors (Lipinski definition) is 2. The molecule has 0 heterocycles. The highest BCUT2D eigenvalue weighted by atomic mass is 16.2. The van der Waals surface area contributed by atoms with Crippen LogP contribution in [0.2, 0.25) is 0 Å². The fourth-order valence-corrected chi connectivity index (χ4v) is 6.65. The molecule has 3 aliphatic carbocycles. The summed E-state index contributed by atoms with van der Waals surface area (Å²) in [5.74, 6) is -0.00312. The molecule has 3 saturated carbocycles. The van der Waals surface area contributed by atoms with E-state index < -0.39 is 11.8 Å². The van der Waals surface area contributed by atoms with Crippen LogP contribution in [0.15, 0.2) is 0 Å². The van der Waals surface area contributed by atoms with E-state index in [1.165, 1.54) is 19.3 Å². The van der Waals surface area contributed by atoms with Gasteiger partial charge in [-0.05, 0) is 56.3 Å². The first-order chi connectivity index (χ1) is 15.8. The minimum absolute atomic E-state index is 0.0125. The Labute approximate surface area is 200 Å². The molecular weight excluding hydrogens is 414 g/mol. The van der Waals surface area contributed by atoms with Crippen LogP contribution in [0.1, 0.15) is 111 Å². The zero-order valence-electron chi connectivity index (χ0n) is 21.2. The average Bonchev–Trinajstić information content (AvgIpc) is 2.77. The Kier molecular flexibility index (Phi) is 9.63. The smallest absolute Gasteiger partial charge is 0.223 e. The number of rotatable bonds is 8. The minimum Gasteiger partial charge on any atom is -0.369 e. The molecule has 0 aromatic heterocycles. The van der Waals surface area contributed by atoms with E-state index in [2.05, 4.69) is 31.0 Å². The third kappa shape index (κ3) is 6.95. The van der Waals surface area contributed by atoms with Crippen molar-refractivity contribution < 1.29 is 14.4 Å². The van der Waals surface area contributed by atoms with Crippen LogP contribution in [0.25, 0.3) is 0 Å². The fourth-order valence-electron chi connectivity index (χ4n) is 6.65. The molecule has 3 N–H and O–H groups in total. The third-order valence-electron chi connectivity index (χ3n) is 8.85. The molecule has 0 aromatic rings. The first kappa shape index (κ1) is 26.0. The maximum atomic E-state index is 13.8. The summed E-state index contributed by atoms with van der Waals surface area (Å²) in [7, 11) is 0. The SMILES string of the molecule is CC1CCCCC1NC(=O)CC(CC(=O)N(C1CCCCC1C)C1CCCCC1C)C(N)=O. The van der Waals surface area contributed by atoms with Crippen LogP contribution >= 0.6 is 0 Å². The van der Waals surface area contributed by atoms with Crippen LogP contribution in [0.5, 0.6) is 0 Å². The molecule has 0 aromatic carbocycles. The van der Waals surface area contributed by atoms with Crippen molar-refractivity contribution in [2.45, 2.75) is 129 Å². The average molecular weight is 462 g/mol. The molecule has 6 nitrogen and oxygen atoms in total. The Morgan fingerprint density at radius 1 is 0.758 bits per heavy atom. The molecule has 188 valence electrons. The maximum Gasteiger partial charge on any atom is 0.223 e. The highest BCUT2D eigenvalue weighted by Crippen LogP contribution is 2.36. The Hall–Kier alpha value is -1.59. The Morgan fingerprint density at radius 3 is 1.73 bits per heavy atom. The lowest BCUT2D eigenvalue weighted by atomic mass is 9.79. The molecule has 0 radical (unpaired) electrons. The van der Waals surface area contributed by atoms with Gasteiger partial charge in [-0.1, -0.05) is 59.3 Å². The summed E-state index contributed by atoms with van der Waals surface area (Å²) in [6.07, 6.45) is 13.6. The van der Waals surface area contributed by atoms with Gasteiger partial charge in [0, 0.05) is 31.0 Å². The molecule has 0 aliphatic heterocycles. The molecule has 3 fully saturated rings. The van der Waals surface area contributed by atoms with Crippen LogP contribution in [0.3, 0.4) is 0 Å². The van der Waals surface area contributed by atoms with E-state index in [1.54, 1.807) is 0 Å². The van der Waals surface area contributed by atoms with Gasteiger partial charge in [-0.2, -0.15) is 0 Å². The van der Waals surface area contributed by atoms with Crippen molar-refractivity contribution in [2.24, 2.45) is 29.4 Å². The van der Waals surface area contributed by atoms with Crippen LogP contribution in [-0.4, -0.2) is 40.7 Å². The van der Waals surface area contributed by atoms with Gasteiger partial charge in [0.05, 0.1) is 5.92 Å². The lowest BCUT2D eigenvalue weighted by Gasteiger charge is -2.47. The summed E-state index contributed by atoms with van der Waals surface area (Å²) in [4.78, 5) is 41.0. The molecule has 0 bridgehead atoms. The lowest BCUT2D eigenvalue weighted by Crippen LogP contribution is -2.54. The van der Waals surface area contributed by atoms with Crippen molar-refractivity contribution in [1.29, 1.82) is 0 Å². The van der Waals surface area contributed by atoms with Gasteiger partial charge in [-0.25, -0.2) is 0 Å². The van der Waals surface area contributed by atoms with E-state index >= 15 is 0 Å². The number of carbonyl (C=O) groups excluding carboxylic acids is 3. The van der Waals surface area contributed by atoms with E-state index in [9.17, 15) is 14.4 Å². The number of nitrogens with zero attached hydrogens (tertiary/aromatic N) is 1. The normalized spacial score (nSPS) is 33.7. The fraction of sp³-hybridized carbons (Fsp3) is 0.889. The van der Waals surface area contributed by atoms with Gasteiger partial charge >= 0.3 is 0 Å². The number of hydrogen-bond acceptors (Lipinski definition) is 3. The quantitative estimate of drug-likeness (QED) is 0.555. The third-order valence-corrected chi connectivity index (χ3v) is 8.85. The van der Waals surface area contributed by atoms with E-state index in [1.807, 2.05) is 0 Å². The molecular formula is C27H47N3O3. The first-order valence-electron chi connectivity index (χ1n) is 13.7. The molecule has 6 heteroatoms. The number of amides is 3. The molecule has 3 amide bonds.